The average Bonchev–Trinajstić information content (AvgIpc) is 3.77. The number of aliphatic hydroxyl groups is 1. The van der Waals surface area contributed by atoms with Gasteiger partial charge in [0.25, 0.3) is 11.8 Å². The zero-order chi connectivity index (χ0) is 28.3. The third-order valence-corrected chi connectivity index (χ3v) is 7.35. The minimum Gasteiger partial charge on any atom is -0.505 e. The maximum atomic E-state index is 13.7. The minimum absolute atomic E-state index is 0.134. The van der Waals surface area contributed by atoms with Gasteiger partial charge >= 0.3 is 5.97 Å². The lowest BCUT2D eigenvalue weighted by molar-refractivity contribution is -0.169. The van der Waals surface area contributed by atoms with E-state index in [0.29, 0.717) is 18.4 Å². The Hall–Kier alpha value is -4.06. The van der Waals surface area contributed by atoms with Crippen LogP contribution in [0.3, 0.4) is 0 Å². The summed E-state index contributed by atoms with van der Waals surface area (Å²) in [5, 5.41) is 26.7. The van der Waals surface area contributed by atoms with E-state index in [-0.39, 0.29) is 23.8 Å². The standard InChI is InChI=1S/C27H33N5O7/c1-14-22(34)18(12-16-6-4-10-28-13-16)30-24(35)20(31-25(36)21-19(33)7-5-11-29-21)15(2)32(3)26(37)23(17-8-9-17)39-27(14)38/h4-7,10-11,13-15,17-18,20,22-23,33-34H,8-9,12H2,1-3H3,(H,30,35)(H,31,36)/t14-,15-,18+,20+,22+,23?/m1/s1. The first-order valence-corrected chi connectivity index (χ1v) is 12.9. The van der Waals surface area contributed by atoms with E-state index in [4.69, 9.17) is 4.74 Å². The van der Waals surface area contributed by atoms with E-state index in [1.807, 2.05) is 0 Å². The van der Waals surface area contributed by atoms with Crippen LogP contribution in [0.25, 0.3) is 0 Å². The molecule has 2 aliphatic rings. The van der Waals surface area contributed by atoms with E-state index >= 15 is 0 Å². The van der Waals surface area contributed by atoms with Gasteiger partial charge in [-0.3, -0.25) is 24.2 Å². The number of nitrogens with zero attached hydrogens (tertiary/aromatic N) is 3. The Kier molecular flexibility index (Phi) is 8.44. The molecule has 2 fully saturated rings. The van der Waals surface area contributed by atoms with E-state index < -0.39 is 59.9 Å². The second-order valence-corrected chi connectivity index (χ2v) is 10.2. The summed E-state index contributed by atoms with van der Waals surface area (Å²) >= 11 is 0. The lowest BCUT2D eigenvalue weighted by Crippen LogP contribution is -2.62. The van der Waals surface area contributed by atoms with E-state index in [1.54, 1.807) is 31.5 Å². The molecule has 1 aliphatic heterocycles. The molecule has 3 amide bonds. The van der Waals surface area contributed by atoms with Crippen molar-refractivity contribution < 1.29 is 34.1 Å². The van der Waals surface area contributed by atoms with Gasteiger partial charge in [-0.05, 0) is 56.9 Å². The van der Waals surface area contributed by atoms with Crippen LogP contribution in [0, 0.1) is 11.8 Å². The summed E-state index contributed by atoms with van der Waals surface area (Å²) in [5.74, 6) is -4.38. The maximum absolute atomic E-state index is 13.7. The summed E-state index contributed by atoms with van der Waals surface area (Å²) in [6.45, 7) is 3.05. The van der Waals surface area contributed by atoms with Gasteiger partial charge < -0.3 is 30.5 Å². The van der Waals surface area contributed by atoms with E-state index in [1.165, 1.54) is 37.2 Å². The zero-order valence-electron chi connectivity index (χ0n) is 22.0. The number of cyclic esters (lactones) is 1. The number of aromatic hydroxyl groups is 1. The van der Waals surface area contributed by atoms with Crippen molar-refractivity contribution in [3.63, 3.8) is 0 Å². The summed E-state index contributed by atoms with van der Waals surface area (Å²) < 4.78 is 5.64. The van der Waals surface area contributed by atoms with Crippen molar-refractivity contribution in [3.05, 3.63) is 54.1 Å². The summed E-state index contributed by atoms with van der Waals surface area (Å²) in [6.07, 6.45) is 3.58. The van der Waals surface area contributed by atoms with Gasteiger partial charge in [0.1, 0.15) is 11.8 Å². The molecule has 12 heteroatoms. The van der Waals surface area contributed by atoms with E-state index in [0.717, 1.165) is 0 Å². The molecule has 0 spiro atoms. The first-order valence-electron chi connectivity index (χ1n) is 12.9. The van der Waals surface area contributed by atoms with Gasteiger partial charge in [-0.15, -0.1) is 0 Å². The molecule has 12 nitrogen and oxygen atoms in total. The van der Waals surface area contributed by atoms with E-state index in [9.17, 15) is 29.4 Å². The average molecular weight is 540 g/mol. The van der Waals surface area contributed by atoms with Crippen molar-refractivity contribution >= 4 is 23.7 Å². The molecule has 39 heavy (non-hydrogen) atoms. The second kappa shape index (κ2) is 11.8. The molecule has 1 unspecified atom stereocenters. The van der Waals surface area contributed by atoms with Crippen molar-refractivity contribution in [1.29, 1.82) is 0 Å². The van der Waals surface area contributed by atoms with Gasteiger partial charge in [0, 0.05) is 31.6 Å². The third-order valence-electron chi connectivity index (χ3n) is 7.35. The van der Waals surface area contributed by atoms with Crippen LogP contribution in [0.4, 0.5) is 0 Å². The number of hydrogen-bond acceptors (Lipinski definition) is 9. The zero-order valence-corrected chi connectivity index (χ0v) is 22.0. The molecule has 4 N–H and O–H groups in total. The fourth-order valence-corrected chi connectivity index (χ4v) is 4.58. The van der Waals surface area contributed by atoms with Crippen LogP contribution in [0.1, 0.15) is 42.7 Å². The lowest BCUT2D eigenvalue weighted by atomic mass is 9.92. The Balaban J connectivity index is 1.70. The molecule has 0 bridgehead atoms. The highest BCUT2D eigenvalue weighted by molar-refractivity contribution is 5.98. The number of carbonyl (C=O) groups excluding carboxylic acids is 4. The molecular weight excluding hydrogens is 506 g/mol. The number of nitrogens with one attached hydrogen (secondary N) is 2. The molecule has 0 radical (unpaired) electrons. The van der Waals surface area contributed by atoms with Gasteiger partial charge in [-0.1, -0.05) is 6.07 Å². The summed E-state index contributed by atoms with van der Waals surface area (Å²) in [7, 11) is 1.47. The highest BCUT2D eigenvalue weighted by Gasteiger charge is 2.45. The Morgan fingerprint density at radius 2 is 1.90 bits per heavy atom. The predicted octanol–water partition coefficient (Wildman–Crippen LogP) is 0.187. The molecule has 1 saturated heterocycles. The van der Waals surface area contributed by atoms with Crippen LogP contribution < -0.4 is 10.6 Å². The molecule has 1 saturated carbocycles. The van der Waals surface area contributed by atoms with Crippen molar-refractivity contribution in [2.75, 3.05) is 7.05 Å². The SMILES string of the molecule is C[C@@H]1[C@H](NC(=O)c2ncccc2O)C(=O)N[C@@H](Cc2cccnc2)[C@@H](O)[C@@H](C)C(=O)OC(C2CC2)C(=O)N1C. The molecule has 0 aromatic carbocycles. The first kappa shape index (κ1) is 28.0. The summed E-state index contributed by atoms with van der Waals surface area (Å²) in [4.78, 5) is 62.5. The molecule has 6 atom stereocenters. The number of rotatable bonds is 5. The number of amides is 3. The molecule has 3 heterocycles. The highest BCUT2D eigenvalue weighted by atomic mass is 16.6. The molecule has 4 rings (SSSR count). The van der Waals surface area contributed by atoms with Gasteiger partial charge in [0.2, 0.25) is 5.91 Å². The van der Waals surface area contributed by atoms with Crippen molar-refractivity contribution in [2.45, 2.75) is 63.4 Å². The summed E-state index contributed by atoms with van der Waals surface area (Å²) in [6, 6.07) is 3.06. The van der Waals surface area contributed by atoms with Crippen molar-refractivity contribution in [2.24, 2.45) is 11.8 Å². The second-order valence-electron chi connectivity index (χ2n) is 10.2. The molecule has 2 aromatic heterocycles. The number of likely N-dealkylation sites (N-methyl/N-ethyl adjacent to an activating group) is 1. The Morgan fingerprint density at radius 1 is 1.18 bits per heavy atom. The fourth-order valence-electron chi connectivity index (χ4n) is 4.58. The smallest absolute Gasteiger partial charge is 0.312 e. The topological polar surface area (TPSA) is 171 Å². The monoisotopic (exact) mass is 539 g/mol. The van der Waals surface area contributed by atoms with Gasteiger partial charge in [-0.2, -0.15) is 0 Å². The van der Waals surface area contributed by atoms with Crippen LogP contribution in [-0.4, -0.2) is 86.2 Å². The number of aliphatic hydroxyl groups excluding tert-OH is 1. The Bertz CT molecular complexity index is 1220. The van der Waals surface area contributed by atoms with Gasteiger partial charge in [0.05, 0.1) is 24.1 Å². The van der Waals surface area contributed by atoms with Crippen LogP contribution in [0.2, 0.25) is 0 Å². The third kappa shape index (κ3) is 6.33. The minimum atomic E-state index is -1.37. The van der Waals surface area contributed by atoms with Gasteiger partial charge in [-0.25, -0.2) is 4.98 Å². The van der Waals surface area contributed by atoms with Crippen LogP contribution in [0.15, 0.2) is 42.9 Å². The normalized spacial score (nSPS) is 28.5. The summed E-state index contributed by atoms with van der Waals surface area (Å²) in [5.41, 5.74) is 0.410. The number of aromatic nitrogens is 2. The van der Waals surface area contributed by atoms with Gasteiger partial charge in [0.15, 0.2) is 11.8 Å². The Labute approximate surface area is 225 Å². The number of carbonyl (C=O) groups is 4. The largest absolute Gasteiger partial charge is 0.505 e. The predicted molar refractivity (Wildman–Crippen MR) is 137 cm³/mol. The quantitative estimate of drug-likeness (QED) is 0.387. The van der Waals surface area contributed by atoms with E-state index in [2.05, 4.69) is 20.6 Å². The van der Waals surface area contributed by atoms with Crippen LogP contribution >= 0.6 is 0 Å². The molecular formula is C27H33N5O7. The van der Waals surface area contributed by atoms with Crippen molar-refractivity contribution in [3.8, 4) is 5.75 Å². The number of ether oxygens (including phenoxy) is 1. The molecule has 2 aromatic rings. The number of esters is 1. The maximum Gasteiger partial charge on any atom is 0.312 e. The van der Waals surface area contributed by atoms with Crippen molar-refractivity contribution in [1.82, 2.24) is 25.5 Å². The molecule has 1 aliphatic carbocycles. The van der Waals surface area contributed by atoms with Crippen LogP contribution in [-0.2, 0) is 25.5 Å². The molecule has 208 valence electrons. The fraction of sp³-hybridized carbons (Fsp3) is 0.481. The van der Waals surface area contributed by atoms with Crippen LogP contribution in [0.5, 0.6) is 5.75 Å². The Morgan fingerprint density at radius 3 is 2.54 bits per heavy atom. The number of hydrogen-bond donors (Lipinski definition) is 4. The number of pyridine rings is 2. The highest BCUT2D eigenvalue weighted by Crippen LogP contribution is 2.36. The lowest BCUT2D eigenvalue weighted by Gasteiger charge is -2.37. The first-order chi connectivity index (χ1) is 18.6.